The second-order valence-electron chi connectivity index (χ2n) is 7.53. The van der Waals surface area contributed by atoms with Crippen LogP contribution in [0.3, 0.4) is 0 Å². The molecule has 0 amide bonds. The molecule has 4 nitrogen and oxygen atoms in total. The quantitative estimate of drug-likeness (QED) is 0.523. The second kappa shape index (κ2) is 8.82. The maximum Gasteiger partial charge on any atom is 0.320 e. The van der Waals surface area contributed by atoms with Crippen molar-refractivity contribution in [2.45, 2.75) is 67.3 Å². The van der Waals surface area contributed by atoms with E-state index >= 15 is 0 Å². The van der Waals surface area contributed by atoms with E-state index in [1.807, 2.05) is 27.7 Å². The van der Waals surface area contributed by atoms with Gasteiger partial charge >= 0.3 is 5.97 Å². The van der Waals surface area contributed by atoms with Gasteiger partial charge in [-0.3, -0.25) is 4.79 Å². The molecular weight excluding hydrogens is 465 g/mol. The van der Waals surface area contributed by atoms with Gasteiger partial charge in [0, 0.05) is 9.13 Å². The molecule has 0 fully saturated rings. The summed E-state index contributed by atoms with van der Waals surface area (Å²) in [5.41, 5.74) is 14.6. The first kappa shape index (κ1) is 22.7. The fraction of sp³-hybridized carbons (Fsp3) is 0.435. The van der Waals surface area contributed by atoms with Crippen molar-refractivity contribution in [3.63, 3.8) is 0 Å². The predicted octanol–water partition coefficient (Wildman–Crippen LogP) is 5.45. The highest BCUT2D eigenvalue weighted by Gasteiger charge is 2.22. The summed E-state index contributed by atoms with van der Waals surface area (Å²) >= 11 is 2.40. The number of halogens is 1. The zero-order valence-electron chi connectivity index (χ0n) is 17.8. The number of hydrogen-bond acceptors (Lipinski definition) is 3. The van der Waals surface area contributed by atoms with Crippen LogP contribution in [-0.2, 0) is 17.6 Å². The number of aryl methyl sites for hydroxylation is 2. The zero-order valence-corrected chi connectivity index (χ0v) is 19.9. The Morgan fingerprint density at radius 1 is 1.04 bits per heavy atom. The molecule has 0 radical (unpaired) electrons. The van der Waals surface area contributed by atoms with Crippen molar-refractivity contribution in [2.24, 2.45) is 5.73 Å². The Kier molecular flexibility index (Phi) is 7.15. The maximum atomic E-state index is 11.2. The van der Waals surface area contributed by atoms with Gasteiger partial charge in [-0.2, -0.15) is 0 Å². The van der Waals surface area contributed by atoms with E-state index in [1.165, 1.54) is 9.13 Å². The van der Waals surface area contributed by atoms with Gasteiger partial charge in [0.1, 0.15) is 17.5 Å². The molecule has 0 spiro atoms. The van der Waals surface area contributed by atoms with Crippen LogP contribution < -0.4 is 10.5 Å². The second-order valence-corrected chi connectivity index (χ2v) is 8.61. The molecule has 0 aromatic heterocycles. The highest BCUT2D eigenvalue weighted by Crippen LogP contribution is 2.39. The summed E-state index contributed by atoms with van der Waals surface area (Å²) < 4.78 is 7.74. The molecule has 2 aromatic carbocycles. The average molecular weight is 495 g/mol. The van der Waals surface area contributed by atoms with Crippen LogP contribution in [0.4, 0.5) is 0 Å². The highest BCUT2D eigenvalue weighted by molar-refractivity contribution is 14.1. The Morgan fingerprint density at radius 3 is 2.04 bits per heavy atom. The molecule has 1 atom stereocenters. The summed E-state index contributed by atoms with van der Waals surface area (Å²) in [4.78, 5) is 11.2. The lowest BCUT2D eigenvalue weighted by atomic mass is 9.89. The third-order valence-corrected chi connectivity index (χ3v) is 7.24. The zero-order chi connectivity index (χ0) is 21.3. The van der Waals surface area contributed by atoms with Crippen LogP contribution >= 0.6 is 22.6 Å². The van der Waals surface area contributed by atoms with Crippen LogP contribution in [0.5, 0.6) is 11.5 Å². The molecule has 0 saturated heterocycles. The number of aliphatic carboxylic acids is 1. The first-order valence-corrected chi connectivity index (χ1v) is 10.6. The van der Waals surface area contributed by atoms with Crippen LogP contribution in [0.25, 0.3) is 0 Å². The van der Waals surface area contributed by atoms with E-state index in [0.29, 0.717) is 6.42 Å². The van der Waals surface area contributed by atoms with Crippen LogP contribution in [0.1, 0.15) is 51.4 Å². The molecule has 2 aromatic rings. The van der Waals surface area contributed by atoms with Gasteiger partial charge in [0.25, 0.3) is 0 Å². The Labute approximate surface area is 181 Å². The van der Waals surface area contributed by atoms with Crippen molar-refractivity contribution >= 4 is 28.6 Å². The largest absolute Gasteiger partial charge is 0.480 e. The van der Waals surface area contributed by atoms with Crippen molar-refractivity contribution in [1.29, 1.82) is 0 Å². The summed E-state index contributed by atoms with van der Waals surface area (Å²) in [6.45, 7) is 14.4. The Morgan fingerprint density at radius 2 is 1.57 bits per heavy atom. The van der Waals surface area contributed by atoms with E-state index in [4.69, 9.17) is 10.5 Å². The number of hydrogen-bond donors (Lipinski definition) is 2. The van der Waals surface area contributed by atoms with Crippen LogP contribution in [0.15, 0.2) is 6.07 Å². The van der Waals surface area contributed by atoms with Crippen molar-refractivity contribution in [3.8, 4) is 11.5 Å². The molecule has 152 valence electrons. The lowest BCUT2D eigenvalue weighted by molar-refractivity contribution is -0.138. The fourth-order valence-corrected chi connectivity index (χ4v) is 4.45. The molecule has 0 heterocycles. The van der Waals surface area contributed by atoms with E-state index in [-0.39, 0.29) is 0 Å². The van der Waals surface area contributed by atoms with Gasteiger partial charge in [-0.1, -0.05) is 13.0 Å². The Hall–Kier alpha value is -1.60. The topological polar surface area (TPSA) is 72.5 Å². The monoisotopic (exact) mass is 495 g/mol. The maximum absolute atomic E-state index is 11.2. The van der Waals surface area contributed by atoms with E-state index in [1.54, 1.807) is 0 Å². The minimum Gasteiger partial charge on any atom is -0.480 e. The molecule has 0 saturated carbocycles. The molecule has 3 N–H and O–H groups in total. The minimum atomic E-state index is -0.980. The van der Waals surface area contributed by atoms with Gasteiger partial charge in [-0.15, -0.1) is 0 Å². The number of rotatable bonds is 6. The number of nitrogens with two attached hydrogens (primary N) is 1. The smallest absolute Gasteiger partial charge is 0.320 e. The van der Waals surface area contributed by atoms with Crippen LogP contribution in [-0.4, -0.2) is 17.1 Å². The van der Waals surface area contributed by atoms with Gasteiger partial charge in [0.2, 0.25) is 0 Å². The minimum absolute atomic E-state index is 0.316. The number of carboxylic acid groups (broad SMARTS) is 1. The van der Waals surface area contributed by atoms with Crippen LogP contribution in [0, 0.1) is 45.1 Å². The number of carboxylic acids is 1. The lowest BCUT2D eigenvalue weighted by Gasteiger charge is -2.23. The SMILES string of the molecule is CCc1cc(C)c(Oc2c(C)c(C)c(CC(N)C(=O)O)c(C)c2C)c(C)c1I. The fourth-order valence-electron chi connectivity index (χ4n) is 3.67. The normalized spacial score (nSPS) is 12.2. The summed E-state index contributed by atoms with van der Waals surface area (Å²) in [5, 5.41) is 9.19. The third-order valence-electron chi connectivity index (χ3n) is 5.74. The first-order chi connectivity index (χ1) is 13.0. The Balaban J connectivity index is 2.58. The molecule has 0 bridgehead atoms. The lowest BCUT2D eigenvalue weighted by Crippen LogP contribution is -2.33. The molecule has 2 rings (SSSR count). The standard InChI is InChI=1S/C23H30INO3/c1-8-17-9-11(2)21(16(7)20(17)24)28-22-14(5)12(3)18(13(4)15(22)6)10-19(25)23(26)27/h9,19H,8,10,25H2,1-7H3,(H,26,27). The molecule has 28 heavy (non-hydrogen) atoms. The molecule has 5 heteroatoms. The molecule has 0 aliphatic heterocycles. The van der Waals surface area contributed by atoms with E-state index in [0.717, 1.165) is 56.9 Å². The predicted molar refractivity (Wildman–Crippen MR) is 123 cm³/mol. The van der Waals surface area contributed by atoms with E-state index < -0.39 is 12.0 Å². The van der Waals surface area contributed by atoms with E-state index in [9.17, 15) is 9.90 Å². The highest BCUT2D eigenvalue weighted by atomic mass is 127. The average Bonchev–Trinajstić information content (AvgIpc) is 2.65. The molecule has 0 aliphatic carbocycles. The van der Waals surface area contributed by atoms with Gasteiger partial charge in [0.15, 0.2) is 0 Å². The summed E-state index contributed by atoms with van der Waals surface area (Å²) in [6, 6.07) is 1.30. The number of ether oxygens (including phenoxy) is 1. The Bertz CT molecular complexity index is 905. The summed E-state index contributed by atoms with van der Waals surface area (Å²) in [6.07, 6.45) is 1.31. The summed E-state index contributed by atoms with van der Waals surface area (Å²) in [5.74, 6) is 0.779. The number of benzene rings is 2. The van der Waals surface area contributed by atoms with Gasteiger partial charge in [-0.25, -0.2) is 0 Å². The van der Waals surface area contributed by atoms with Gasteiger partial charge in [0.05, 0.1) is 0 Å². The third kappa shape index (κ3) is 4.20. The van der Waals surface area contributed by atoms with Crippen molar-refractivity contribution < 1.29 is 14.6 Å². The van der Waals surface area contributed by atoms with Crippen molar-refractivity contribution in [1.82, 2.24) is 0 Å². The van der Waals surface area contributed by atoms with Gasteiger partial charge in [-0.05, 0) is 116 Å². The van der Waals surface area contributed by atoms with Crippen LogP contribution in [0.2, 0.25) is 0 Å². The molecule has 0 aliphatic rings. The van der Waals surface area contributed by atoms with Crippen molar-refractivity contribution in [2.75, 3.05) is 0 Å². The molecule has 1 unspecified atom stereocenters. The summed E-state index contributed by atoms with van der Waals surface area (Å²) in [7, 11) is 0. The van der Waals surface area contributed by atoms with E-state index in [2.05, 4.69) is 49.4 Å². The molecular formula is C23H30INO3. The van der Waals surface area contributed by atoms with Crippen molar-refractivity contribution in [3.05, 3.63) is 54.1 Å². The first-order valence-electron chi connectivity index (χ1n) is 9.55. The van der Waals surface area contributed by atoms with Gasteiger partial charge < -0.3 is 15.6 Å². The number of carbonyl (C=O) groups is 1.